The Morgan fingerprint density at radius 2 is 1.85 bits per heavy atom. The van der Waals surface area contributed by atoms with Crippen LogP contribution in [0.2, 0.25) is 10.0 Å². The lowest BCUT2D eigenvalue weighted by molar-refractivity contribution is -0.118. The molecule has 0 fully saturated rings. The number of hydrogen-bond donors (Lipinski definition) is 1. The maximum absolute atomic E-state index is 12.1. The first-order chi connectivity index (χ1) is 12.4. The van der Waals surface area contributed by atoms with Gasteiger partial charge in [-0.15, -0.1) is 0 Å². The number of para-hydroxylation sites is 1. The lowest BCUT2D eigenvalue weighted by Gasteiger charge is -2.12. The molecule has 0 saturated carbocycles. The van der Waals surface area contributed by atoms with E-state index < -0.39 is 11.5 Å². The number of ether oxygens (including phenoxy) is 1. The lowest BCUT2D eigenvalue weighted by Crippen LogP contribution is -2.20. The molecule has 1 N–H and O–H groups in total. The van der Waals surface area contributed by atoms with Gasteiger partial charge in [-0.2, -0.15) is 0 Å². The zero-order chi connectivity index (χ0) is 18.8. The van der Waals surface area contributed by atoms with E-state index in [1.165, 1.54) is 6.07 Å². The van der Waals surface area contributed by atoms with Crippen molar-refractivity contribution in [3.8, 4) is 5.75 Å². The fraction of sp³-hybridized carbons (Fsp3) is 0.158. The molecule has 0 radical (unpaired) electrons. The summed E-state index contributed by atoms with van der Waals surface area (Å²) < 4.78 is 10.9. The molecule has 3 rings (SSSR count). The molecule has 1 heterocycles. The molecule has 0 saturated heterocycles. The smallest absolute Gasteiger partial charge is 0.336 e. The summed E-state index contributed by atoms with van der Waals surface area (Å²) in [7, 11) is 0. The van der Waals surface area contributed by atoms with Crippen LogP contribution in [0.25, 0.3) is 11.0 Å². The van der Waals surface area contributed by atoms with Crippen LogP contribution in [0.5, 0.6) is 5.75 Å². The highest BCUT2D eigenvalue weighted by molar-refractivity contribution is 6.39. The van der Waals surface area contributed by atoms with Gasteiger partial charge in [0.2, 0.25) is 0 Å². The molecule has 3 aromatic rings. The average Bonchev–Trinajstić information content (AvgIpc) is 2.58. The van der Waals surface area contributed by atoms with Gasteiger partial charge in [0, 0.05) is 17.0 Å². The van der Waals surface area contributed by atoms with E-state index in [0.717, 1.165) is 10.9 Å². The Bertz CT molecular complexity index is 1040. The van der Waals surface area contributed by atoms with Crippen molar-refractivity contribution in [2.45, 2.75) is 13.8 Å². The molecule has 0 aliphatic rings. The van der Waals surface area contributed by atoms with Crippen molar-refractivity contribution in [1.82, 2.24) is 0 Å². The van der Waals surface area contributed by atoms with Crippen molar-refractivity contribution < 1.29 is 13.9 Å². The predicted octanol–water partition coefficient (Wildman–Crippen LogP) is 4.73. The summed E-state index contributed by atoms with van der Waals surface area (Å²) in [6.45, 7) is 3.35. The molecule has 0 atom stereocenters. The number of fused-ring (bicyclic) bond motifs is 1. The normalized spacial score (nSPS) is 10.8. The van der Waals surface area contributed by atoms with Crippen LogP contribution >= 0.6 is 23.2 Å². The molecule has 134 valence electrons. The highest BCUT2D eigenvalue weighted by atomic mass is 35.5. The van der Waals surface area contributed by atoms with Crippen LogP contribution in [0.15, 0.2) is 45.6 Å². The zero-order valence-electron chi connectivity index (χ0n) is 14.1. The van der Waals surface area contributed by atoms with E-state index in [1.807, 2.05) is 6.92 Å². The van der Waals surface area contributed by atoms with Gasteiger partial charge >= 0.3 is 5.63 Å². The van der Waals surface area contributed by atoms with Gasteiger partial charge in [-0.3, -0.25) is 4.79 Å². The van der Waals surface area contributed by atoms with Crippen molar-refractivity contribution in [2.75, 3.05) is 11.9 Å². The third-order valence-electron chi connectivity index (χ3n) is 3.90. The maximum atomic E-state index is 12.1. The highest BCUT2D eigenvalue weighted by Gasteiger charge is 2.13. The molecular formula is C19H15Cl2NO4. The first kappa shape index (κ1) is 18.3. The summed E-state index contributed by atoms with van der Waals surface area (Å²) in [5.41, 5.74) is 1.81. The SMILES string of the molecule is Cc1cc(=O)oc2c(C)c(OCC(=O)Nc3c(Cl)cccc3Cl)ccc12. The molecule has 5 nitrogen and oxygen atoms in total. The van der Waals surface area contributed by atoms with Gasteiger partial charge in [0.15, 0.2) is 6.61 Å². The second kappa shape index (κ2) is 7.40. The average molecular weight is 392 g/mol. The Balaban J connectivity index is 1.78. The van der Waals surface area contributed by atoms with Crippen LogP contribution in [-0.4, -0.2) is 12.5 Å². The van der Waals surface area contributed by atoms with E-state index >= 15 is 0 Å². The fourth-order valence-electron chi connectivity index (χ4n) is 2.59. The largest absolute Gasteiger partial charge is 0.483 e. The molecule has 0 unspecified atom stereocenters. The van der Waals surface area contributed by atoms with Crippen LogP contribution < -0.4 is 15.7 Å². The third-order valence-corrected chi connectivity index (χ3v) is 4.53. The lowest BCUT2D eigenvalue weighted by atomic mass is 10.1. The fourth-order valence-corrected chi connectivity index (χ4v) is 3.08. The number of carbonyl (C=O) groups is 1. The quantitative estimate of drug-likeness (QED) is 0.652. The minimum atomic E-state index is -0.429. The summed E-state index contributed by atoms with van der Waals surface area (Å²) in [6.07, 6.45) is 0. The molecule has 7 heteroatoms. The van der Waals surface area contributed by atoms with Crippen LogP contribution in [0.4, 0.5) is 5.69 Å². The number of amides is 1. The molecular weight excluding hydrogens is 377 g/mol. The van der Waals surface area contributed by atoms with Crippen molar-refractivity contribution in [3.63, 3.8) is 0 Å². The molecule has 0 bridgehead atoms. The number of anilines is 1. The van der Waals surface area contributed by atoms with Crippen LogP contribution in [0.3, 0.4) is 0 Å². The number of benzene rings is 2. The Labute approximate surface area is 159 Å². The van der Waals surface area contributed by atoms with E-state index in [0.29, 0.717) is 32.6 Å². The van der Waals surface area contributed by atoms with Crippen molar-refractivity contribution in [2.24, 2.45) is 0 Å². The number of hydrogen-bond acceptors (Lipinski definition) is 4. The van der Waals surface area contributed by atoms with E-state index in [2.05, 4.69) is 5.32 Å². The molecule has 26 heavy (non-hydrogen) atoms. The standard InChI is InChI=1S/C19H15Cl2NO4/c1-10-8-17(24)26-19-11(2)15(7-6-12(10)19)25-9-16(23)22-18-13(20)4-3-5-14(18)21/h3-8H,9H2,1-2H3,(H,22,23). The molecule has 0 aliphatic carbocycles. The summed E-state index contributed by atoms with van der Waals surface area (Å²) in [5.74, 6) is 0.0387. The minimum absolute atomic E-state index is 0.246. The van der Waals surface area contributed by atoms with Gasteiger partial charge in [0.1, 0.15) is 11.3 Å². The number of carbonyl (C=O) groups excluding carboxylic acids is 1. The molecule has 1 amide bonds. The first-order valence-corrected chi connectivity index (χ1v) is 8.53. The second-order valence-electron chi connectivity index (χ2n) is 5.75. The van der Waals surface area contributed by atoms with Crippen molar-refractivity contribution in [1.29, 1.82) is 0 Å². The van der Waals surface area contributed by atoms with E-state index in [1.54, 1.807) is 37.3 Å². The second-order valence-corrected chi connectivity index (χ2v) is 6.56. The van der Waals surface area contributed by atoms with E-state index in [-0.39, 0.29) is 6.61 Å². The van der Waals surface area contributed by atoms with Crippen molar-refractivity contribution in [3.05, 3.63) is 68.0 Å². The van der Waals surface area contributed by atoms with Gasteiger partial charge in [-0.1, -0.05) is 29.3 Å². The molecule has 2 aromatic carbocycles. The molecule has 1 aromatic heterocycles. The van der Waals surface area contributed by atoms with Crippen LogP contribution in [0.1, 0.15) is 11.1 Å². The monoisotopic (exact) mass is 391 g/mol. The van der Waals surface area contributed by atoms with E-state index in [9.17, 15) is 9.59 Å². The zero-order valence-corrected chi connectivity index (χ0v) is 15.6. The molecule has 0 aliphatic heterocycles. The van der Waals surface area contributed by atoms with Crippen LogP contribution in [-0.2, 0) is 4.79 Å². The Morgan fingerprint density at radius 3 is 2.54 bits per heavy atom. The van der Waals surface area contributed by atoms with Gasteiger partial charge < -0.3 is 14.5 Å². The topological polar surface area (TPSA) is 68.5 Å². The summed E-state index contributed by atoms with van der Waals surface area (Å²) >= 11 is 12.1. The van der Waals surface area contributed by atoms with Gasteiger partial charge in [0.05, 0.1) is 15.7 Å². The van der Waals surface area contributed by atoms with Gasteiger partial charge in [-0.25, -0.2) is 4.79 Å². The third kappa shape index (κ3) is 3.69. The molecule has 0 spiro atoms. The van der Waals surface area contributed by atoms with Crippen LogP contribution in [0, 0.1) is 13.8 Å². The predicted molar refractivity (Wildman–Crippen MR) is 103 cm³/mol. The summed E-state index contributed by atoms with van der Waals surface area (Å²) in [4.78, 5) is 23.8. The minimum Gasteiger partial charge on any atom is -0.483 e. The summed E-state index contributed by atoms with van der Waals surface area (Å²) in [6, 6.07) is 9.90. The number of rotatable bonds is 4. The Morgan fingerprint density at radius 1 is 1.15 bits per heavy atom. The van der Waals surface area contributed by atoms with E-state index in [4.69, 9.17) is 32.4 Å². The first-order valence-electron chi connectivity index (χ1n) is 7.77. The number of nitrogens with one attached hydrogen (secondary N) is 1. The highest BCUT2D eigenvalue weighted by Crippen LogP contribution is 2.30. The maximum Gasteiger partial charge on any atom is 0.336 e. The number of halogens is 2. The Hall–Kier alpha value is -2.50. The van der Waals surface area contributed by atoms with Crippen molar-refractivity contribution >= 4 is 45.8 Å². The Kier molecular flexibility index (Phi) is 5.20. The number of aryl methyl sites for hydroxylation is 2. The van der Waals surface area contributed by atoms with Gasteiger partial charge in [0.25, 0.3) is 5.91 Å². The van der Waals surface area contributed by atoms with Gasteiger partial charge in [-0.05, 0) is 43.7 Å². The summed E-state index contributed by atoms with van der Waals surface area (Å²) in [5, 5.41) is 4.12.